The predicted octanol–water partition coefficient (Wildman–Crippen LogP) is 3.48. The first-order valence-corrected chi connectivity index (χ1v) is 11.9. The van der Waals surface area contributed by atoms with Gasteiger partial charge in [0.25, 0.3) is 5.91 Å². The number of benzene rings is 1. The number of ether oxygens (including phenoxy) is 1. The number of fused-ring (bicyclic) bond motifs is 1. The van der Waals surface area contributed by atoms with E-state index in [1.54, 1.807) is 29.5 Å². The van der Waals surface area contributed by atoms with E-state index >= 15 is 0 Å². The van der Waals surface area contributed by atoms with Gasteiger partial charge in [0.05, 0.1) is 13.2 Å². The summed E-state index contributed by atoms with van der Waals surface area (Å²) in [5.41, 5.74) is 7.22. The number of carbonyl (C=O) groups excluding carboxylic acids is 1. The average Bonchev–Trinajstić information content (AvgIpc) is 3.22. The van der Waals surface area contributed by atoms with Crippen LogP contribution in [0, 0.1) is 5.41 Å². The molecule has 35 heavy (non-hydrogen) atoms. The molecule has 2 aromatic rings. The largest absolute Gasteiger partial charge is 0.490 e. The third kappa shape index (κ3) is 9.99. The number of nitrogens with one attached hydrogen (secondary N) is 3. The van der Waals surface area contributed by atoms with Gasteiger partial charge in [-0.15, -0.1) is 6.58 Å². The Morgan fingerprint density at radius 2 is 2.09 bits per heavy atom. The number of aliphatic hydroxyl groups is 1. The first kappa shape index (κ1) is 30.0. The first-order chi connectivity index (χ1) is 16.7. The van der Waals surface area contributed by atoms with Crippen molar-refractivity contribution in [1.29, 1.82) is 5.41 Å². The minimum atomic E-state index is -0.574. The summed E-state index contributed by atoms with van der Waals surface area (Å²) in [6, 6.07) is 5.02. The smallest absolute Gasteiger partial charge is 0.252 e. The van der Waals surface area contributed by atoms with Gasteiger partial charge in [0.2, 0.25) is 0 Å². The molecular weight excluding hydrogens is 466 g/mol. The maximum Gasteiger partial charge on any atom is 0.252 e. The van der Waals surface area contributed by atoms with Gasteiger partial charge in [0.15, 0.2) is 11.3 Å². The van der Waals surface area contributed by atoms with Crippen molar-refractivity contribution in [2.75, 3.05) is 33.9 Å². The van der Waals surface area contributed by atoms with Crippen molar-refractivity contribution in [3.8, 4) is 5.75 Å². The monoisotopic (exact) mass is 503 g/mol. The van der Waals surface area contributed by atoms with Crippen LogP contribution in [0.1, 0.15) is 31.2 Å². The molecular formula is C25H37N5O4S. The Labute approximate surface area is 211 Å². The highest BCUT2D eigenvalue weighted by Crippen LogP contribution is 2.33. The van der Waals surface area contributed by atoms with Crippen molar-refractivity contribution in [2.45, 2.75) is 26.3 Å². The van der Waals surface area contributed by atoms with E-state index in [1.807, 2.05) is 39.2 Å². The van der Waals surface area contributed by atoms with Crippen LogP contribution < -0.4 is 20.5 Å². The van der Waals surface area contributed by atoms with Crippen LogP contribution >= 0.6 is 12.1 Å². The molecule has 10 heteroatoms. The van der Waals surface area contributed by atoms with Gasteiger partial charge in [-0.3, -0.25) is 20.2 Å². The Kier molecular flexibility index (Phi) is 13.5. The molecule has 0 spiro atoms. The summed E-state index contributed by atoms with van der Waals surface area (Å²) in [6.45, 7) is 11.8. The molecule has 0 saturated carbocycles. The molecule has 192 valence electrons. The summed E-state index contributed by atoms with van der Waals surface area (Å²) in [5, 5.41) is 20.0. The maximum absolute atomic E-state index is 12.7. The molecule has 0 aliphatic carbocycles. The normalized spacial score (nSPS) is 12.0. The molecule has 1 heterocycles. The highest BCUT2D eigenvalue weighted by molar-refractivity contribution is 7.95. The lowest BCUT2D eigenvalue weighted by Gasteiger charge is -2.19. The number of hydrogen-bond donors (Lipinski definition) is 5. The molecule has 9 nitrogen and oxygen atoms in total. The average molecular weight is 504 g/mol. The van der Waals surface area contributed by atoms with Crippen LogP contribution in [0.5, 0.6) is 5.75 Å². The van der Waals surface area contributed by atoms with Crippen LogP contribution in [-0.2, 0) is 11.2 Å². The Hall–Kier alpha value is -3.05. The van der Waals surface area contributed by atoms with Crippen molar-refractivity contribution in [2.24, 2.45) is 5.73 Å². The van der Waals surface area contributed by atoms with Crippen LogP contribution in [0.3, 0.4) is 0 Å². The Morgan fingerprint density at radius 1 is 1.37 bits per heavy atom. The minimum Gasteiger partial charge on any atom is -0.490 e. The number of aliphatic hydroxyl groups excluding tert-OH is 1. The van der Waals surface area contributed by atoms with Gasteiger partial charge in [-0.25, -0.2) is 4.31 Å². The van der Waals surface area contributed by atoms with Crippen LogP contribution in [0.2, 0.25) is 0 Å². The van der Waals surface area contributed by atoms with E-state index in [2.05, 4.69) is 23.2 Å². The molecule has 0 saturated heterocycles. The van der Waals surface area contributed by atoms with Gasteiger partial charge >= 0.3 is 0 Å². The van der Waals surface area contributed by atoms with Crippen molar-refractivity contribution < 1.29 is 19.1 Å². The Balaban J connectivity index is 0.000000658. The van der Waals surface area contributed by atoms with Gasteiger partial charge in [0.1, 0.15) is 17.6 Å². The fourth-order valence-electron chi connectivity index (χ4n) is 2.88. The fraction of sp³-hybridized carbons (Fsp3) is 0.360. The van der Waals surface area contributed by atoms with E-state index in [9.17, 15) is 4.79 Å². The molecule has 1 atom stereocenters. The highest BCUT2D eigenvalue weighted by Gasteiger charge is 2.23. The van der Waals surface area contributed by atoms with Gasteiger partial charge < -0.3 is 20.0 Å². The first-order valence-electron chi connectivity index (χ1n) is 11.1. The molecule has 0 aliphatic heterocycles. The van der Waals surface area contributed by atoms with Crippen LogP contribution in [0.15, 0.2) is 59.6 Å². The van der Waals surface area contributed by atoms with E-state index in [0.29, 0.717) is 36.7 Å². The summed E-state index contributed by atoms with van der Waals surface area (Å²) in [7, 11) is 3.70. The molecule has 0 radical (unpaired) electrons. The fourth-order valence-corrected chi connectivity index (χ4v) is 3.27. The number of nitrogens with zero attached hydrogens (tertiary/aromatic N) is 1. The highest BCUT2D eigenvalue weighted by atomic mass is 32.2. The number of amidine groups is 1. The molecule has 6 N–H and O–H groups in total. The number of allylic oxidation sites excluding steroid dienone is 2. The lowest BCUT2D eigenvalue weighted by atomic mass is 10.0. The summed E-state index contributed by atoms with van der Waals surface area (Å²) in [6.07, 6.45) is 5.44. The number of furan rings is 1. The minimum absolute atomic E-state index is 0.00429. The van der Waals surface area contributed by atoms with Crippen LogP contribution in [0.4, 0.5) is 0 Å². The van der Waals surface area contributed by atoms with E-state index < -0.39 is 6.04 Å². The number of amides is 1. The standard InChI is InChI=1S/C19H27N3O4S.C6H10N2/c1-5-8-20-17(19(24)21-27-22(3)4)13-10-14-11-15(7-9-23)26-18(14)16(12-13)25-6-2;1-3-4-5(2)6(7)8/h5,10-12,17,20,23H,1,6-9H2,2-4H3,(H,21,24);3-4H,1H2,2H3,(H3,7,8)/b;5-4+. The zero-order chi connectivity index (χ0) is 26.4. The molecule has 0 fully saturated rings. The van der Waals surface area contributed by atoms with Crippen molar-refractivity contribution >= 4 is 34.8 Å². The zero-order valence-corrected chi connectivity index (χ0v) is 21.7. The maximum atomic E-state index is 12.7. The third-order valence-electron chi connectivity index (χ3n) is 4.50. The number of rotatable bonds is 13. The lowest BCUT2D eigenvalue weighted by Crippen LogP contribution is -2.36. The molecule has 1 aromatic carbocycles. The SMILES string of the molecule is C=C/C=C(\C)C(=N)N.C=CCNC(C(=O)NSN(C)C)c1cc(OCC)c2oc(CCO)cc2c1. The van der Waals surface area contributed by atoms with E-state index in [-0.39, 0.29) is 18.3 Å². The second-order valence-electron chi connectivity index (χ2n) is 7.56. The summed E-state index contributed by atoms with van der Waals surface area (Å²) in [5.74, 6) is 1.18. The molecule has 2 rings (SSSR count). The van der Waals surface area contributed by atoms with Gasteiger partial charge in [-0.1, -0.05) is 24.8 Å². The summed E-state index contributed by atoms with van der Waals surface area (Å²) >= 11 is 1.22. The molecule has 1 aromatic heterocycles. The summed E-state index contributed by atoms with van der Waals surface area (Å²) < 4.78 is 16.2. The quantitative estimate of drug-likeness (QED) is 0.0921. The molecule has 0 aliphatic rings. The Bertz CT molecular complexity index is 1030. The summed E-state index contributed by atoms with van der Waals surface area (Å²) in [4.78, 5) is 12.7. The third-order valence-corrected chi connectivity index (χ3v) is 5.15. The van der Waals surface area contributed by atoms with Gasteiger partial charge in [0, 0.05) is 30.5 Å². The lowest BCUT2D eigenvalue weighted by molar-refractivity contribution is -0.121. The number of hydrogen-bond acceptors (Lipinski definition) is 8. The van der Waals surface area contributed by atoms with Crippen molar-refractivity contribution in [3.05, 3.63) is 66.5 Å². The molecule has 1 unspecified atom stereocenters. The van der Waals surface area contributed by atoms with E-state index in [1.165, 1.54) is 12.1 Å². The van der Waals surface area contributed by atoms with Crippen LogP contribution in [0.25, 0.3) is 11.0 Å². The molecule has 1 amide bonds. The van der Waals surface area contributed by atoms with E-state index in [4.69, 9.17) is 25.4 Å². The molecule has 0 bridgehead atoms. The predicted molar refractivity (Wildman–Crippen MR) is 144 cm³/mol. The van der Waals surface area contributed by atoms with Gasteiger partial charge in [-0.2, -0.15) is 0 Å². The van der Waals surface area contributed by atoms with Crippen molar-refractivity contribution in [3.63, 3.8) is 0 Å². The van der Waals surface area contributed by atoms with E-state index in [0.717, 1.165) is 16.5 Å². The van der Waals surface area contributed by atoms with Crippen LogP contribution in [-0.4, -0.2) is 55.0 Å². The van der Waals surface area contributed by atoms with Gasteiger partial charge in [-0.05, 0) is 57.3 Å². The number of carbonyl (C=O) groups is 1. The number of nitrogens with two attached hydrogens (primary N) is 1. The zero-order valence-electron chi connectivity index (χ0n) is 20.9. The Morgan fingerprint density at radius 3 is 2.60 bits per heavy atom. The second kappa shape index (κ2) is 15.8. The second-order valence-corrected chi connectivity index (χ2v) is 8.67. The van der Waals surface area contributed by atoms with Crippen molar-refractivity contribution in [1.82, 2.24) is 14.3 Å². The topological polar surface area (TPSA) is 137 Å².